The molecule has 1 aliphatic heterocycles. The summed E-state index contributed by atoms with van der Waals surface area (Å²) in [6.07, 6.45) is 6.62. The Hall–Kier alpha value is -1.71. The first kappa shape index (κ1) is 16.2. The van der Waals surface area contributed by atoms with E-state index >= 15 is 0 Å². The van der Waals surface area contributed by atoms with Gasteiger partial charge in [0.1, 0.15) is 11.5 Å². The number of halogens is 2. The molecule has 3 nitrogen and oxygen atoms in total. The van der Waals surface area contributed by atoms with E-state index in [-0.39, 0.29) is 5.91 Å². The molecule has 1 fully saturated rings. The number of amides is 1. The van der Waals surface area contributed by atoms with Gasteiger partial charge in [-0.25, -0.2) is 0 Å². The number of hydrogen-bond donors (Lipinski definition) is 0. The number of benzene rings is 1. The molecule has 0 bridgehead atoms. The molecule has 0 spiro atoms. The molecule has 0 saturated carbocycles. The van der Waals surface area contributed by atoms with Crippen molar-refractivity contribution in [1.82, 2.24) is 4.90 Å². The Balaban J connectivity index is 1.73. The maximum atomic E-state index is 12.1. The van der Waals surface area contributed by atoms with Crippen molar-refractivity contribution >= 4 is 35.2 Å². The molecule has 5 heteroatoms. The number of nitrogens with zero attached hydrogens (tertiary/aromatic N) is 1. The van der Waals surface area contributed by atoms with Gasteiger partial charge >= 0.3 is 0 Å². The largest absolute Gasteiger partial charge is 0.457 e. The maximum absolute atomic E-state index is 12.1. The Morgan fingerprint density at radius 2 is 1.87 bits per heavy atom. The minimum Gasteiger partial charge on any atom is -0.457 e. The van der Waals surface area contributed by atoms with Crippen LogP contribution in [0.4, 0.5) is 0 Å². The highest BCUT2D eigenvalue weighted by atomic mass is 35.5. The summed E-state index contributed by atoms with van der Waals surface area (Å²) in [5.41, 5.74) is 0.737. The second-order valence-electron chi connectivity index (χ2n) is 5.55. The van der Waals surface area contributed by atoms with Crippen LogP contribution in [0.2, 0.25) is 10.0 Å². The Kier molecular flexibility index (Phi) is 5.09. The number of furan rings is 1. The van der Waals surface area contributed by atoms with Crippen LogP contribution in [0.1, 0.15) is 25.0 Å². The standard InChI is InChI=1S/C18H17Cl2NO2/c19-13-4-7-16(20)15(12-13)17-8-5-14(23-17)6-9-18(22)21-10-2-1-3-11-21/h4-9,12H,1-3,10-11H2/b9-6+. The quantitative estimate of drug-likeness (QED) is 0.706. The molecule has 0 unspecified atom stereocenters. The molecular weight excluding hydrogens is 333 g/mol. The van der Waals surface area contributed by atoms with E-state index in [1.165, 1.54) is 6.42 Å². The third-order valence-electron chi connectivity index (χ3n) is 3.88. The van der Waals surface area contributed by atoms with Gasteiger partial charge in [-0.2, -0.15) is 0 Å². The molecule has 1 amide bonds. The first-order valence-corrected chi connectivity index (χ1v) is 8.41. The summed E-state index contributed by atoms with van der Waals surface area (Å²) in [6.45, 7) is 1.68. The molecule has 1 aromatic heterocycles. The number of carbonyl (C=O) groups excluding carboxylic acids is 1. The maximum Gasteiger partial charge on any atom is 0.246 e. The summed E-state index contributed by atoms with van der Waals surface area (Å²) < 4.78 is 5.74. The van der Waals surface area contributed by atoms with Crippen molar-refractivity contribution in [3.8, 4) is 11.3 Å². The van der Waals surface area contributed by atoms with Gasteiger partial charge in [0, 0.05) is 29.8 Å². The first-order chi connectivity index (χ1) is 11.1. The van der Waals surface area contributed by atoms with Gasteiger partial charge in [0.05, 0.1) is 5.02 Å². The number of rotatable bonds is 3. The first-order valence-electron chi connectivity index (χ1n) is 7.66. The lowest BCUT2D eigenvalue weighted by atomic mass is 10.1. The molecule has 2 aromatic rings. The van der Waals surface area contributed by atoms with Gasteiger partial charge in [-0.15, -0.1) is 0 Å². The fraction of sp³-hybridized carbons (Fsp3) is 0.278. The minimum atomic E-state index is 0.0310. The Bertz CT molecular complexity index is 730. The fourth-order valence-electron chi connectivity index (χ4n) is 2.65. The van der Waals surface area contributed by atoms with Gasteiger partial charge in [-0.3, -0.25) is 4.79 Å². The molecule has 0 radical (unpaired) electrons. The van der Waals surface area contributed by atoms with E-state index < -0.39 is 0 Å². The number of hydrogen-bond acceptors (Lipinski definition) is 2. The monoisotopic (exact) mass is 349 g/mol. The van der Waals surface area contributed by atoms with Crippen molar-refractivity contribution in [2.75, 3.05) is 13.1 Å². The highest BCUT2D eigenvalue weighted by Gasteiger charge is 2.14. The van der Waals surface area contributed by atoms with Crippen LogP contribution >= 0.6 is 23.2 Å². The number of carbonyl (C=O) groups is 1. The van der Waals surface area contributed by atoms with E-state index in [0.717, 1.165) is 31.5 Å². The van der Waals surface area contributed by atoms with Gasteiger partial charge in [0.25, 0.3) is 0 Å². The zero-order valence-corrected chi connectivity index (χ0v) is 14.1. The lowest BCUT2D eigenvalue weighted by Crippen LogP contribution is -2.34. The normalized spacial score (nSPS) is 15.3. The molecule has 120 valence electrons. The zero-order chi connectivity index (χ0) is 16.2. The molecule has 23 heavy (non-hydrogen) atoms. The fourth-order valence-corrected chi connectivity index (χ4v) is 3.03. The van der Waals surface area contributed by atoms with Gasteiger partial charge < -0.3 is 9.32 Å². The second-order valence-corrected chi connectivity index (χ2v) is 6.39. The van der Waals surface area contributed by atoms with Crippen molar-refractivity contribution in [3.63, 3.8) is 0 Å². The average molecular weight is 350 g/mol. The third kappa shape index (κ3) is 3.98. The van der Waals surface area contributed by atoms with Crippen LogP contribution in [0.5, 0.6) is 0 Å². The molecule has 1 aliphatic rings. The van der Waals surface area contributed by atoms with Gasteiger partial charge in [0.15, 0.2) is 0 Å². The van der Waals surface area contributed by atoms with E-state index in [4.69, 9.17) is 27.6 Å². The second kappa shape index (κ2) is 7.24. The van der Waals surface area contributed by atoms with Gasteiger partial charge in [-0.05, 0) is 55.7 Å². The molecule has 0 N–H and O–H groups in total. The van der Waals surface area contributed by atoms with Crippen molar-refractivity contribution in [2.24, 2.45) is 0 Å². The number of piperidine rings is 1. The van der Waals surface area contributed by atoms with E-state index in [1.54, 1.807) is 30.4 Å². The Morgan fingerprint density at radius 3 is 2.65 bits per heavy atom. The van der Waals surface area contributed by atoms with Crippen molar-refractivity contribution < 1.29 is 9.21 Å². The molecule has 3 rings (SSSR count). The van der Waals surface area contributed by atoms with Crippen LogP contribution in [-0.4, -0.2) is 23.9 Å². The minimum absolute atomic E-state index is 0.0310. The SMILES string of the molecule is O=C(/C=C/c1ccc(-c2cc(Cl)ccc2Cl)o1)N1CCCCC1. The van der Waals surface area contributed by atoms with Crippen molar-refractivity contribution in [2.45, 2.75) is 19.3 Å². The van der Waals surface area contributed by atoms with Crippen LogP contribution in [-0.2, 0) is 4.79 Å². The van der Waals surface area contributed by atoms with Crippen LogP contribution < -0.4 is 0 Å². The summed E-state index contributed by atoms with van der Waals surface area (Å²) in [5.74, 6) is 1.27. The van der Waals surface area contributed by atoms with Crippen LogP contribution in [0, 0.1) is 0 Å². The Morgan fingerprint density at radius 1 is 1.09 bits per heavy atom. The molecule has 0 aliphatic carbocycles. The van der Waals surface area contributed by atoms with E-state index in [2.05, 4.69) is 0 Å². The van der Waals surface area contributed by atoms with E-state index in [9.17, 15) is 4.79 Å². The lowest BCUT2D eigenvalue weighted by molar-refractivity contribution is -0.126. The average Bonchev–Trinajstić information content (AvgIpc) is 3.04. The Labute approximate surface area is 145 Å². The van der Waals surface area contributed by atoms with Crippen LogP contribution in [0.3, 0.4) is 0 Å². The van der Waals surface area contributed by atoms with Gasteiger partial charge in [-0.1, -0.05) is 23.2 Å². The smallest absolute Gasteiger partial charge is 0.246 e. The predicted octanol–water partition coefficient (Wildman–Crippen LogP) is 5.28. The van der Waals surface area contributed by atoms with Crippen molar-refractivity contribution in [3.05, 3.63) is 52.2 Å². The highest BCUT2D eigenvalue weighted by Crippen LogP contribution is 2.32. The summed E-state index contributed by atoms with van der Waals surface area (Å²) >= 11 is 12.2. The lowest BCUT2D eigenvalue weighted by Gasteiger charge is -2.25. The topological polar surface area (TPSA) is 33.5 Å². The van der Waals surface area contributed by atoms with E-state index in [0.29, 0.717) is 21.6 Å². The van der Waals surface area contributed by atoms with Crippen LogP contribution in [0.15, 0.2) is 40.8 Å². The van der Waals surface area contributed by atoms with Crippen molar-refractivity contribution in [1.29, 1.82) is 0 Å². The third-order valence-corrected chi connectivity index (χ3v) is 4.44. The number of likely N-dealkylation sites (tertiary alicyclic amines) is 1. The summed E-state index contributed by atoms with van der Waals surface area (Å²) in [6, 6.07) is 8.86. The molecule has 0 atom stereocenters. The molecule has 1 aromatic carbocycles. The summed E-state index contributed by atoms with van der Waals surface area (Å²) in [7, 11) is 0. The summed E-state index contributed by atoms with van der Waals surface area (Å²) in [5, 5.41) is 1.17. The molecular formula is C18H17Cl2NO2. The molecule has 1 saturated heterocycles. The molecule has 2 heterocycles. The van der Waals surface area contributed by atoms with Crippen LogP contribution in [0.25, 0.3) is 17.4 Å². The predicted molar refractivity (Wildman–Crippen MR) is 93.6 cm³/mol. The highest BCUT2D eigenvalue weighted by molar-refractivity contribution is 6.35. The van der Waals surface area contributed by atoms with Gasteiger partial charge in [0.2, 0.25) is 5.91 Å². The zero-order valence-electron chi connectivity index (χ0n) is 12.6. The summed E-state index contributed by atoms with van der Waals surface area (Å²) in [4.78, 5) is 14.0. The van der Waals surface area contributed by atoms with E-state index in [1.807, 2.05) is 17.0 Å².